The lowest BCUT2D eigenvalue weighted by Crippen LogP contribution is -2.34. The van der Waals surface area contributed by atoms with Crippen molar-refractivity contribution in [1.29, 1.82) is 0 Å². The summed E-state index contributed by atoms with van der Waals surface area (Å²) in [4.78, 5) is 24.5. The minimum Gasteiger partial charge on any atom is -0.353 e. The third kappa shape index (κ3) is 4.56. The Morgan fingerprint density at radius 1 is 1.32 bits per heavy atom. The topological polar surface area (TPSA) is 68.9 Å². The van der Waals surface area contributed by atoms with E-state index in [4.69, 9.17) is 0 Å². The van der Waals surface area contributed by atoms with Crippen LogP contribution in [0.4, 0.5) is 13.2 Å². The molecule has 1 aliphatic rings. The Hall–Kier alpha value is -2.32. The van der Waals surface area contributed by atoms with Crippen molar-refractivity contribution in [3.8, 4) is 0 Å². The standard InChI is InChI=1S/C19H25F3N4O2/c1-12(2)10-25-11-14-15(19(20,21)22)9-17(28)26(18(14)24-25)8-7-16(27)23-13-5-3-4-6-13/h9,11-13H,3-8,10H2,1-2H3,(H,23,27). The minimum atomic E-state index is -4.65. The van der Waals surface area contributed by atoms with E-state index in [0.29, 0.717) is 12.6 Å². The first-order valence-corrected chi connectivity index (χ1v) is 9.62. The fraction of sp³-hybridized carbons (Fsp3) is 0.632. The monoisotopic (exact) mass is 398 g/mol. The molecule has 28 heavy (non-hydrogen) atoms. The van der Waals surface area contributed by atoms with E-state index < -0.39 is 17.3 Å². The Morgan fingerprint density at radius 2 is 2.00 bits per heavy atom. The van der Waals surface area contributed by atoms with E-state index in [1.54, 1.807) is 0 Å². The highest BCUT2D eigenvalue weighted by Gasteiger charge is 2.35. The summed E-state index contributed by atoms with van der Waals surface area (Å²) in [5.74, 6) is -0.0190. The maximum atomic E-state index is 13.4. The van der Waals surface area contributed by atoms with Crippen molar-refractivity contribution in [3.63, 3.8) is 0 Å². The molecule has 0 aliphatic heterocycles. The second kappa shape index (κ2) is 7.97. The molecule has 154 valence electrons. The van der Waals surface area contributed by atoms with E-state index in [9.17, 15) is 22.8 Å². The highest BCUT2D eigenvalue weighted by molar-refractivity contribution is 5.80. The Morgan fingerprint density at radius 3 is 2.61 bits per heavy atom. The number of alkyl halides is 3. The number of amides is 1. The van der Waals surface area contributed by atoms with E-state index in [1.807, 2.05) is 13.8 Å². The lowest BCUT2D eigenvalue weighted by molar-refractivity contribution is -0.136. The number of hydrogen-bond donors (Lipinski definition) is 1. The number of pyridine rings is 1. The zero-order chi connectivity index (χ0) is 20.5. The van der Waals surface area contributed by atoms with Gasteiger partial charge in [0.25, 0.3) is 5.56 Å². The van der Waals surface area contributed by atoms with Gasteiger partial charge in [0.2, 0.25) is 5.91 Å². The Bertz CT molecular complexity index is 908. The number of nitrogens with zero attached hydrogens (tertiary/aromatic N) is 3. The Kier molecular flexibility index (Phi) is 5.81. The highest BCUT2D eigenvalue weighted by Crippen LogP contribution is 2.33. The first-order valence-electron chi connectivity index (χ1n) is 9.62. The van der Waals surface area contributed by atoms with Gasteiger partial charge in [-0.1, -0.05) is 26.7 Å². The first kappa shape index (κ1) is 20.4. The first-order chi connectivity index (χ1) is 13.1. The largest absolute Gasteiger partial charge is 0.417 e. The molecule has 0 unspecified atom stereocenters. The van der Waals surface area contributed by atoms with Gasteiger partial charge in [-0.3, -0.25) is 18.8 Å². The van der Waals surface area contributed by atoms with Gasteiger partial charge in [0.1, 0.15) is 0 Å². The number of nitrogens with one attached hydrogen (secondary N) is 1. The van der Waals surface area contributed by atoms with Crippen LogP contribution in [0.3, 0.4) is 0 Å². The molecule has 0 atom stereocenters. The van der Waals surface area contributed by atoms with Crippen LogP contribution in [-0.2, 0) is 24.1 Å². The van der Waals surface area contributed by atoms with Crippen LogP contribution in [0, 0.1) is 5.92 Å². The lowest BCUT2D eigenvalue weighted by Gasteiger charge is -2.13. The van der Waals surface area contributed by atoms with Crippen LogP contribution in [-0.4, -0.2) is 26.3 Å². The normalized spacial score (nSPS) is 15.6. The van der Waals surface area contributed by atoms with Crippen LogP contribution >= 0.6 is 0 Å². The number of fused-ring (bicyclic) bond motifs is 1. The van der Waals surface area contributed by atoms with Gasteiger partial charge >= 0.3 is 6.18 Å². The molecule has 0 spiro atoms. The van der Waals surface area contributed by atoms with Crippen LogP contribution in [0.25, 0.3) is 11.0 Å². The van der Waals surface area contributed by atoms with Crippen molar-refractivity contribution in [2.24, 2.45) is 5.92 Å². The molecule has 1 fully saturated rings. The SMILES string of the molecule is CC(C)Cn1cc2c(C(F)(F)F)cc(=O)n(CCC(=O)NC3CCCC3)c2n1. The molecule has 1 N–H and O–H groups in total. The smallest absolute Gasteiger partial charge is 0.353 e. The molecular weight excluding hydrogens is 373 g/mol. The molecule has 2 aromatic rings. The molecule has 2 heterocycles. The van der Waals surface area contributed by atoms with Gasteiger partial charge in [0.05, 0.1) is 5.56 Å². The summed E-state index contributed by atoms with van der Waals surface area (Å²) in [5.41, 5.74) is -1.83. The van der Waals surface area contributed by atoms with Crippen LogP contribution in [0.15, 0.2) is 17.1 Å². The molecule has 0 bridgehead atoms. The number of aromatic nitrogens is 3. The molecule has 2 aromatic heterocycles. The van der Waals surface area contributed by atoms with Gasteiger partial charge in [0.15, 0.2) is 5.65 Å². The third-order valence-electron chi connectivity index (χ3n) is 4.96. The van der Waals surface area contributed by atoms with E-state index in [1.165, 1.54) is 10.9 Å². The summed E-state index contributed by atoms with van der Waals surface area (Å²) in [5, 5.41) is 7.02. The fourth-order valence-corrected chi connectivity index (χ4v) is 3.69. The minimum absolute atomic E-state index is 0.00921. The summed E-state index contributed by atoms with van der Waals surface area (Å²) in [6.45, 7) is 4.28. The van der Waals surface area contributed by atoms with Crippen LogP contribution in [0.1, 0.15) is 51.5 Å². The Balaban J connectivity index is 1.90. The van der Waals surface area contributed by atoms with Gasteiger partial charge in [-0.2, -0.15) is 18.3 Å². The molecule has 9 heteroatoms. The van der Waals surface area contributed by atoms with E-state index in [0.717, 1.165) is 30.3 Å². The fourth-order valence-electron chi connectivity index (χ4n) is 3.69. The summed E-state index contributed by atoms with van der Waals surface area (Å²) in [6, 6.07) is 0.751. The number of aryl methyl sites for hydroxylation is 1. The van der Waals surface area contributed by atoms with Crippen LogP contribution in [0.5, 0.6) is 0 Å². The lowest BCUT2D eigenvalue weighted by atomic mass is 10.1. The quantitative estimate of drug-likeness (QED) is 0.812. The Labute approximate surface area is 160 Å². The molecule has 1 saturated carbocycles. The summed E-state index contributed by atoms with van der Waals surface area (Å²) in [7, 11) is 0. The van der Waals surface area contributed by atoms with Gasteiger partial charge in [-0.05, 0) is 18.8 Å². The number of carbonyl (C=O) groups is 1. The van der Waals surface area contributed by atoms with E-state index >= 15 is 0 Å². The third-order valence-corrected chi connectivity index (χ3v) is 4.96. The van der Waals surface area contributed by atoms with Gasteiger partial charge in [0, 0.05) is 43.2 Å². The predicted octanol–water partition coefficient (Wildman–Crippen LogP) is 3.32. The summed E-state index contributed by atoms with van der Waals surface area (Å²) >= 11 is 0. The molecule has 0 saturated heterocycles. The maximum Gasteiger partial charge on any atom is 0.417 e. The number of carbonyl (C=O) groups excluding carboxylic acids is 1. The van der Waals surface area contributed by atoms with Crippen molar-refractivity contribution < 1.29 is 18.0 Å². The van der Waals surface area contributed by atoms with Gasteiger partial charge in [-0.25, -0.2) is 0 Å². The number of hydrogen-bond acceptors (Lipinski definition) is 3. The van der Waals surface area contributed by atoms with Crippen molar-refractivity contribution in [2.45, 2.75) is 71.3 Å². The second-order valence-electron chi connectivity index (χ2n) is 7.83. The van der Waals surface area contributed by atoms with Crippen molar-refractivity contribution in [1.82, 2.24) is 19.7 Å². The van der Waals surface area contributed by atoms with Crippen LogP contribution < -0.4 is 10.9 Å². The summed E-state index contributed by atoms with van der Waals surface area (Å²) < 4.78 is 42.8. The maximum absolute atomic E-state index is 13.4. The highest BCUT2D eigenvalue weighted by atomic mass is 19.4. The summed E-state index contributed by atoms with van der Waals surface area (Å²) in [6.07, 6.45) is 0.739. The predicted molar refractivity (Wildman–Crippen MR) is 98.8 cm³/mol. The van der Waals surface area contributed by atoms with Gasteiger partial charge in [-0.15, -0.1) is 0 Å². The molecule has 1 aliphatic carbocycles. The van der Waals surface area contributed by atoms with E-state index in [2.05, 4.69) is 10.4 Å². The molecule has 3 rings (SSSR count). The van der Waals surface area contributed by atoms with Crippen molar-refractivity contribution in [2.75, 3.05) is 0 Å². The van der Waals surface area contributed by atoms with Crippen molar-refractivity contribution >= 4 is 16.9 Å². The second-order valence-corrected chi connectivity index (χ2v) is 7.83. The van der Waals surface area contributed by atoms with Crippen LogP contribution in [0.2, 0.25) is 0 Å². The zero-order valence-corrected chi connectivity index (χ0v) is 16.1. The number of halogens is 3. The average Bonchev–Trinajstić information content (AvgIpc) is 3.21. The molecule has 1 amide bonds. The average molecular weight is 398 g/mol. The van der Waals surface area contributed by atoms with Gasteiger partial charge < -0.3 is 5.32 Å². The molecule has 0 aromatic carbocycles. The zero-order valence-electron chi connectivity index (χ0n) is 16.1. The molecular formula is C19H25F3N4O2. The van der Waals surface area contributed by atoms with Crippen molar-refractivity contribution in [3.05, 3.63) is 28.2 Å². The van der Waals surface area contributed by atoms with E-state index in [-0.39, 0.29) is 41.9 Å². The number of rotatable bonds is 6. The molecule has 6 nitrogen and oxygen atoms in total. The molecule has 0 radical (unpaired) electrons.